The van der Waals surface area contributed by atoms with Gasteiger partial charge in [0, 0.05) is 37.8 Å². The van der Waals surface area contributed by atoms with E-state index in [0.29, 0.717) is 25.3 Å². The second-order valence-corrected chi connectivity index (χ2v) is 10.6. The Balaban J connectivity index is 1.62. The second kappa shape index (κ2) is 10.6. The zero-order valence-corrected chi connectivity index (χ0v) is 19.5. The summed E-state index contributed by atoms with van der Waals surface area (Å²) in [5.74, 6) is -0.469. The van der Waals surface area contributed by atoms with Gasteiger partial charge in [-0.3, -0.25) is 9.59 Å². The summed E-state index contributed by atoms with van der Waals surface area (Å²) in [4.78, 5) is 27.3. The minimum absolute atomic E-state index is 0.0698. The molecule has 1 unspecified atom stereocenters. The molecule has 1 saturated heterocycles. The van der Waals surface area contributed by atoms with Crippen LogP contribution in [0.4, 0.5) is 5.69 Å². The number of rotatable bonds is 9. The molecule has 7 nitrogen and oxygen atoms in total. The van der Waals surface area contributed by atoms with Crippen LogP contribution in [-0.4, -0.2) is 55.1 Å². The van der Waals surface area contributed by atoms with Crippen molar-refractivity contribution in [1.29, 1.82) is 0 Å². The molecule has 1 atom stereocenters. The molecule has 172 valence electrons. The summed E-state index contributed by atoms with van der Waals surface area (Å²) in [5.41, 5.74) is 0.546. The van der Waals surface area contributed by atoms with Crippen molar-refractivity contribution in [3.63, 3.8) is 0 Å². The Labute approximate surface area is 186 Å². The van der Waals surface area contributed by atoms with E-state index in [9.17, 15) is 18.0 Å². The summed E-state index contributed by atoms with van der Waals surface area (Å²) >= 11 is 0. The molecule has 8 heteroatoms. The lowest BCUT2D eigenvalue weighted by atomic mass is 9.94. The number of benzene rings is 1. The first kappa shape index (κ1) is 23.7. The van der Waals surface area contributed by atoms with Crippen LogP contribution in [0, 0.1) is 5.92 Å². The zero-order chi connectivity index (χ0) is 22.4. The fraction of sp³-hybridized carbons (Fsp3) is 0.652. The summed E-state index contributed by atoms with van der Waals surface area (Å²) in [6.45, 7) is 5.37. The number of nitrogens with zero attached hydrogens (tertiary/aromatic N) is 2. The van der Waals surface area contributed by atoms with Gasteiger partial charge in [0.05, 0.1) is 10.8 Å². The normalized spacial score (nSPS) is 20.4. The van der Waals surface area contributed by atoms with Crippen molar-refractivity contribution in [3.05, 3.63) is 24.3 Å². The molecule has 1 saturated carbocycles. The Morgan fingerprint density at radius 1 is 1.06 bits per heavy atom. The predicted molar refractivity (Wildman–Crippen MR) is 121 cm³/mol. The van der Waals surface area contributed by atoms with E-state index < -0.39 is 10.0 Å². The molecule has 1 aromatic rings. The third-order valence-electron chi connectivity index (χ3n) is 6.25. The van der Waals surface area contributed by atoms with Crippen LogP contribution in [0.2, 0.25) is 0 Å². The first-order chi connectivity index (χ1) is 14.9. The fourth-order valence-corrected chi connectivity index (χ4v) is 6.23. The predicted octanol–water partition coefficient (Wildman–Crippen LogP) is 3.62. The quantitative estimate of drug-likeness (QED) is 0.624. The Hall–Kier alpha value is -1.93. The minimum Gasteiger partial charge on any atom is -0.339 e. The van der Waals surface area contributed by atoms with Crippen LogP contribution in [0.25, 0.3) is 0 Å². The van der Waals surface area contributed by atoms with Gasteiger partial charge in [-0.25, -0.2) is 8.42 Å². The Kier molecular flexibility index (Phi) is 8.11. The number of amides is 2. The number of nitrogens with one attached hydrogen (secondary N) is 1. The van der Waals surface area contributed by atoms with Gasteiger partial charge in [-0.2, -0.15) is 4.31 Å². The third kappa shape index (κ3) is 5.66. The Bertz CT molecular complexity index is 857. The van der Waals surface area contributed by atoms with Crippen LogP contribution in [-0.2, 0) is 19.6 Å². The second-order valence-electron chi connectivity index (χ2n) is 8.66. The summed E-state index contributed by atoms with van der Waals surface area (Å²) in [5, 5.41) is 2.86. The molecule has 1 aliphatic carbocycles. The van der Waals surface area contributed by atoms with Gasteiger partial charge in [0.15, 0.2) is 0 Å². The van der Waals surface area contributed by atoms with Crippen molar-refractivity contribution < 1.29 is 18.0 Å². The molecule has 1 aliphatic heterocycles. The monoisotopic (exact) mass is 449 g/mol. The van der Waals surface area contributed by atoms with Crippen molar-refractivity contribution in [2.24, 2.45) is 5.92 Å². The van der Waals surface area contributed by atoms with E-state index in [0.717, 1.165) is 38.5 Å². The number of carbonyl (C=O) groups is 2. The molecular formula is C23H35N3O4S. The lowest BCUT2D eigenvalue weighted by molar-refractivity contribution is -0.130. The highest BCUT2D eigenvalue weighted by Crippen LogP contribution is 2.29. The van der Waals surface area contributed by atoms with Gasteiger partial charge in [0.25, 0.3) is 0 Å². The summed E-state index contributed by atoms with van der Waals surface area (Å²) < 4.78 is 27.3. The van der Waals surface area contributed by atoms with Gasteiger partial charge in [-0.15, -0.1) is 0 Å². The summed E-state index contributed by atoms with van der Waals surface area (Å²) in [6.07, 6.45) is 7.34. The molecule has 1 aromatic carbocycles. The standard InChI is InChI=1S/C23H35N3O4S/c1-3-14-25(15-4-2)31(29,30)21-12-10-19(11-13-21)24-23(28)18-16-22(27)26(17-18)20-8-6-5-7-9-20/h10-13,18,20H,3-9,14-17H2,1-2H3,(H,24,28). The summed E-state index contributed by atoms with van der Waals surface area (Å²) in [7, 11) is -3.54. The Morgan fingerprint density at radius 3 is 2.26 bits per heavy atom. The van der Waals surface area contributed by atoms with Crippen molar-refractivity contribution in [1.82, 2.24) is 9.21 Å². The molecule has 1 N–H and O–H groups in total. The molecule has 0 spiro atoms. The molecule has 0 radical (unpaired) electrons. The molecule has 2 fully saturated rings. The van der Waals surface area contributed by atoms with Gasteiger partial charge in [-0.1, -0.05) is 33.1 Å². The van der Waals surface area contributed by atoms with E-state index in [1.54, 1.807) is 12.1 Å². The van der Waals surface area contributed by atoms with Crippen LogP contribution in [0.15, 0.2) is 29.2 Å². The minimum atomic E-state index is -3.54. The molecular weight excluding hydrogens is 414 g/mol. The smallest absolute Gasteiger partial charge is 0.243 e. The van der Waals surface area contributed by atoms with Crippen LogP contribution in [0.3, 0.4) is 0 Å². The number of carbonyl (C=O) groups excluding carboxylic acids is 2. The number of likely N-dealkylation sites (tertiary alicyclic amines) is 1. The molecule has 1 heterocycles. The van der Waals surface area contributed by atoms with Gasteiger partial charge in [-0.05, 0) is 49.9 Å². The molecule has 0 bridgehead atoms. The first-order valence-corrected chi connectivity index (χ1v) is 13.0. The highest BCUT2D eigenvalue weighted by atomic mass is 32.2. The maximum atomic E-state index is 12.9. The molecule has 31 heavy (non-hydrogen) atoms. The van der Waals surface area contributed by atoms with Crippen LogP contribution >= 0.6 is 0 Å². The highest BCUT2D eigenvalue weighted by Gasteiger charge is 2.38. The number of hydrogen-bond donors (Lipinski definition) is 1. The Morgan fingerprint density at radius 2 is 1.68 bits per heavy atom. The fourth-order valence-electron chi connectivity index (χ4n) is 4.61. The van der Waals surface area contributed by atoms with Gasteiger partial charge < -0.3 is 10.2 Å². The van der Waals surface area contributed by atoms with Crippen LogP contribution in [0.1, 0.15) is 65.2 Å². The van der Waals surface area contributed by atoms with Crippen LogP contribution in [0.5, 0.6) is 0 Å². The van der Waals surface area contributed by atoms with Gasteiger partial charge in [0.1, 0.15) is 0 Å². The van der Waals surface area contributed by atoms with Crippen molar-refractivity contribution >= 4 is 27.5 Å². The number of hydrogen-bond acceptors (Lipinski definition) is 4. The van der Waals surface area contributed by atoms with E-state index >= 15 is 0 Å². The zero-order valence-electron chi connectivity index (χ0n) is 18.7. The van der Waals surface area contributed by atoms with E-state index in [1.165, 1.54) is 22.9 Å². The van der Waals surface area contributed by atoms with Crippen LogP contribution < -0.4 is 5.32 Å². The third-order valence-corrected chi connectivity index (χ3v) is 8.16. The van der Waals surface area contributed by atoms with E-state index in [1.807, 2.05) is 18.7 Å². The van der Waals surface area contributed by atoms with E-state index in [-0.39, 0.29) is 35.1 Å². The van der Waals surface area contributed by atoms with Crippen molar-refractivity contribution in [2.45, 2.75) is 76.2 Å². The molecule has 0 aromatic heterocycles. The number of sulfonamides is 1. The average molecular weight is 450 g/mol. The average Bonchev–Trinajstić information content (AvgIpc) is 3.16. The van der Waals surface area contributed by atoms with Crippen molar-refractivity contribution in [3.8, 4) is 0 Å². The van der Waals surface area contributed by atoms with Crippen molar-refractivity contribution in [2.75, 3.05) is 25.0 Å². The topological polar surface area (TPSA) is 86.8 Å². The maximum Gasteiger partial charge on any atom is 0.243 e. The highest BCUT2D eigenvalue weighted by molar-refractivity contribution is 7.89. The van der Waals surface area contributed by atoms with E-state index in [2.05, 4.69) is 5.32 Å². The summed E-state index contributed by atoms with van der Waals surface area (Å²) in [6, 6.07) is 6.60. The number of anilines is 1. The SMILES string of the molecule is CCCN(CCC)S(=O)(=O)c1ccc(NC(=O)C2CC(=O)N(C3CCCCC3)C2)cc1. The lowest BCUT2D eigenvalue weighted by Crippen LogP contribution is -2.38. The molecule has 3 rings (SSSR count). The van der Waals surface area contributed by atoms with E-state index in [4.69, 9.17) is 0 Å². The first-order valence-electron chi connectivity index (χ1n) is 11.6. The molecule has 2 aliphatic rings. The van der Waals surface area contributed by atoms with Gasteiger partial charge in [0.2, 0.25) is 21.8 Å². The molecule has 2 amide bonds. The maximum absolute atomic E-state index is 12.9. The largest absolute Gasteiger partial charge is 0.339 e. The van der Waals surface area contributed by atoms with Gasteiger partial charge >= 0.3 is 0 Å². The lowest BCUT2D eigenvalue weighted by Gasteiger charge is -2.31.